The number of phenolic OH excluding ortho intramolecular Hbond substituents is 1. The van der Waals surface area contributed by atoms with Crippen molar-refractivity contribution >= 4 is 10.9 Å². The summed E-state index contributed by atoms with van der Waals surface area (Å²) in [5.41, 5.74) is 2.06. The van der Waals surface area contributed by atoms with Gasteiger partial charge in [0.1, 0.15) is 23.9 Å². The van der Waals surface area contributed by atoms with E-state index in [9.17, 15) is 9.50 Å². The maximum atomic E-state index is 12.9. The van der Waals surface area contributed by atoms with Crippen molar-refractivity contribution in [2.24, 2.45) is 0 Å². The Morgan fingerprint density at radius 2 is 1.90 bits per heavy atom. The molecule has 0 saturated carbocycles. The molecule has 0 radical (unpaired) electrons. The molecule has 0 aliphatic carbocycles. The number of halogens is 1. The number of aromatic hydroxyl groups is 1. The smallest absolute Gasteiger partial charge is 0.123 e. The molecular formula is C17H16FNO2. The summed E-state index contributed by atoms with van der Waals surface area (Å²) in [6, 6.07) is 11.3. The predicted molar refractivity (Wildman–Crippen MR) is 80.0 cm³/mol. The van der Waals surface area contributed by atoms with Gasteiger partial charge in [-0.05, 0) is 49.4 Å². The summed E-state index contributed by atoms with van der Waals surface area (Å²) in [6.07, 6.45) is 2.02. The average molecular weight is 285 g/mol. The van der Waals surface area contributed by atoms with Crippen LogP contribution < -0.4 is 4.74 Å². The van der Waals surface area contributed by atoms with E-state index in [1.165, 1.54) is 12.1 Å². The second kappa shape index (κ2) is 5.48. The van der Waals surface area contributed by atoms with Crippen molar-refractivity contribution in [2.45, 2.75) is 20.1 Å². The highest BCUT2D eigenvalue weighted by Gasteiger charge is 2.09. The molecule has 0 aliphatic heterocycles. The Bertz CT molecular complexity index is 762. The van der Waals surface area contributed by atoms with Gasteiger partial charge in [0.25, 0.3) is 0 Å². The molecule has 21 heavy (non-hydrogen) atoms. The van der Waals surface area contributed by atoms with Crippen LogP contribution in [0.2, 0.25) is 0 Å². The lowest BCUT2D eigenvalue weighted by molar-refractivity contribution is 0.307. The molecule has 108 valence electrons. The quantitative estimate of drug-likeness (QED) is 0.783. The molecule has 1 N–H and O–H groups in total. The molecule has 3 aromatic rings. The number of benzene rings is 2. The Kier molecular flexibility index (Phi) is 3.52. The van der Waals surface area contributed by atoms with Gasteiger partial charge >= 0.3 is 0 Å². The van der Waals surface area contributed by atoms with E-state index in [0.717, 1.165) is 23.0 Å². The fraction of sp³-hybridized carbons (Fsp3) is 0.176. The SMILES string of the molecule is CCn1cc(COc2ccc(F)cc2)c2cc(O)ccc21. The van der Waals surface area contributed by atoms with Crippen LogP contribution in [0.5, 0.6) is 11.5 Å². The number of hydrogen-bond acceptors (Lipinski definition) is 2. The molecule has 1 aromatic heterocycles. The molecule has 0 spiro atoms. The molecule has 0 saturated heterocycles. The minimum atomic E-state index is -0.283. The highest BCUT2D eigenvalue weighted by atomic mass is 19.1. The minimum Gasteiger partial charge on any atom is -0.508 e. The van der Waals surface area contributed by atoms with Gasteiger partial charge in [-0.2, -0.15) is 0 Å². The van der Waals surface area contributed by atoms with Crippen LogP contribution in [0.4, 0.5) is 4.39 Å². The van der Waals surface area contributed by atoms with Crippen molar-refractivity contribution in [3.8, 4) is 11.5 Å². The molecule has 0 amide bonds. The Morgan fingerprint density at radius 1 is 1.14 bits per heavy atom. The first-order valence-electron chi connectivity index (χ1n) is 6.86. The Hall–Kier alpha value is -2.49. The standard InChI is InChI=1S/C17H16FNO2/c1-2-19-10-12(16-9-14(20)5-8-17(16)19)11-21-15-6-3-13(18)4-7-15/h3-10,20H,2,11H2,1H3. The molecule has 2 aromatic carbocycles. The summed E-state index contributed by atoms with van der Waals surface area (Å²) in [5, 5.41) is 10.6. The van der Waals surface area contributed by atoms with Gasteiger partial charge in [-0.25, -0.2) is 4.39 Å². The minimum absolute atomic E-state index is 0.236. The fourth-order valence-corrected chi connectivity index (χ4v) is 2.43. The number of phenols is 1. The Morgan fingerprint density at radius 3 is 2.62 bits per heavy atom. The van der Waals surface area contributed by atoms with Gasteiger partial charge in [-0.1, -0.05) is 0 Å². The van der Waals surface area contributed by atoms with E-state index in [-0.39, 0.29) is 11.6 Å². The second-order valence-electron chi connectivity index (χ2n) is 4.88. The first-order valence-corrected chi connectivity index (χ1v) is 6.86. The van der Waals surface area contributed by atoms with Crippen LogP contribution in [0, 0.1) is 5.82 Å². The van der Waals surface area contributed by atoms with Crippen molar-refractivity contribution in [1.29, 1.82) is 0 Å². The Balaban J connectivity index is 1.89. The molecule has 3 rings (SSSR count). The van der Waals surface area contributed by atoms with Gasteiger partial charge < -0.3 is 14.4 Å². The van der Waals surface area contributed by atoms with Gasteiger partial charge in [-0.15, -0.1) is 0 Å². The van der Waals surface area contributed by atoms with E-state index in [0.29, 0.717) is 12.4 Å². The third-order valence-corrected chi connectivity index (χ3v) is 3.50. The number of rotatable bonds is 4. The van der Waals surface area contributed by atoms with Gasteiger partial charge in [0.15, 0.2) is 0 Å². The highest BCUT2D eigenvalue weighted by Crippen LogP contribution is 2.26. The molecule has 0 atom stereocenters. The number of aryl methyl sites for hydroxylation is 1. The third kappa shape index (κ3) is 2.70. The van der Waals surface area contributed by atoms with E-state index in [1.807, 2.05) is 12.3 Å². The van der Waals surface area contributed by atoms with E-state index in [2.05, 4.69) is 11.5 Å². The van der Waals surface area contributed by atoms with Crippen molar-refractivity contribution < 1.29 is 14.2 Å². The lowest BCUT2D eigenvalue weighted by Gasteiger charge is -2.05. The first kappa shape index (κ1) is 13.5. The normalized spacial score (nSPS) is 11.0. The lowest BCUT2D eigenvalue weighted by atomic mass is 10.2. The molecular weight excluding hydrogens is 269 g/mol. The maximum absolute atomic E-state index is 12.9. The number of fused-ring (bicyclic) bond motifs is 1. The zero-order valence-corrected chi connectivity index (χ0v) is 11.7. The molecule has 1 heterocycles. The van der Waals surface area contributed by atoms with Gasteiger partial charge in [-0.3, -0.25) is 0 Å². The van der Waals surface area contributed by atoms with Crippen LogP contribution in [0.3, 0.4) is 0 Å². The zero-order chi connectivity index (χ0) is 14.8. The lowest BCUT2D eigenvalue weighted by Crippen LogP contribution is -1.95. The first-order chi connectivity index (χ1) is 10.2. The van der Waals surface area contributed by atoms with Crippen molar-refractivity contribution in [2.75, 3.05) is 0 Å². The van der Waals surface area contributed by atoms with Crippen LogP contribution in [0.25, 0.3) is 10.9 Å². The highest BCUT2D eigenvalue weighted by molar-refractivity contribution is 5.85. The predicted octanol–water partition coefficient (Wildman–Crippen LogP) is 4.08. The summed E-state index contributed by atoms with van der Waals surface area (Å²) in [7, 11) is 0. The van der Waals surface area contributed by atoms with Crippen LogP contribution >= 0.6 is 0 Å². The molecule has 0 aliphatic rings. The molecule has 0 bridgehead atoms. The van der Waals surface area contributed by atoms with Crippen LogP contribution in [0.15, 0.2) is 48.7 Å². The summed E-state index contributed by atoms with van der Waals surface area (Å²) >= 11 is 0. The fourth-order valence-electron chi connectivity index (χ4n) is 2.43. The van der Waals surface area contributed by atoms with Gasteiger partial charge in [0, 0.05) is 29.2 Å². The summed E-state index contributed by atoms with van der Waals surface area (Å²) in [5.74, 6) is 0.572. The third-order valence-electron chi connectivity index (χ3n) is 3.50. The van der Waals surface area contributed by atoms with Crippen molar-refractivity contribution in [3.63, 3.8) is 0 Å². The number of ether oxygens (including phenoxy) is 1. The van der Waals surface area contributed by atoms with E-state index < -0.39 is 0 Å². The zero-order valence-electron chi connectivity index (χ0n) is 11.7. The van der Waals surface area contributed by atoms with E-state index in [4.69, 9.17) is 4.74 Å². The summed E-state index contributed by atoms with van der Waals surface area (Å²) in [6.45, 7) is 3.29. The van der Waals surface area contributed by atoms with Crippen molar-refractivity contribution in [3.05, 3.63) is 60.0 Å². The van der Waals surface area contributed by atoms with E-state index in [1.54, 1.807) is 24.3 Å². The van der Waals surface area contributed by atoms with Crippen LogP contribution in [-0.4, -0.2) is 9.67 Å². The molecule has 3 nitrogen and oxygen atoms in total. The Labute approximate surface area is 122 Å². The summed E-state index contributed by atoms with van der Waals surface area (Å²) < 4.78 is 20.7. The monoisotopic (exact) mass is 285 g/mol. The number of nitrogens with zero attached hydrogens (tertiary/aromatic N) is 1. The molecule has 0 fully saturated rings. The summed E-state index contributed by atoms with van der Waals surface area (Å²) in [4.78, 5) is 0. The topological polar surface area (TPSA) is 34.4 Å². The number of hydrogen-bond donors (Lipinski definition) is 1. The van der Waals surface area contributed by atoms with Crippen LogP contribution in [-0.2, 0) is 13.2 Å². The largest absolute Gasteiger partial charge is 0.508 e. The second-order valence-corrected chi connectivity index (χ2v) is 4.88. The van der Waals surface area contributed by atoms with Gasteiger partial charge in [0.05, 0.1) is 0 Å². The molecule has 0 unspecified atom stereocenters. The van der Waals surface area contributed by atoms with Gasteiger partial charge in [0.2, 0.25) is 0 Å². The average Bonchev–Trinajstić information content (AvgIpc) is 2.84. The number of aromatic nitrogens is 1. The van der Waals surface area contributed by atoms with Crippen molar-refractivity contribution in [1.82, 2.24) is 4.57 Å². The molecule has 4 heteroatoms. The van der Waals surface area contributed by atoms with E-state index >= 15 is 0 Å². The maximum Gasteiger partial charge on any atom is 0.123 e. The van der Waals surface area contributed by atoms with Crippen LogP contribution in [0.1, 0.15) is 12.5 Å².